The van der Waals surface area contributed by atoms with Crippen molar-refractivity contribution >= 4 is 33.2 Å². The minimum atomic E-state index is -0.247. The monoisotopic (exact) mass is 371 g/mol. The third-order valence-electron chi connectivity index (χ3n) is 2.79. The summed E-state index contributed by atoms with van der Waals surface area (Å²) < 4.78 is 20.0. The topological polar surface area (TPSA) is 21.3 Å². The predicted octanol–water partition coefficient (Wildman–Crippen LogP) is 5.64. The second kappa shape index (κ2) is 7.14. The van der Waals surface area contributed by atoms with Crippen LogP contribution in [0.25, 0.3) is 0 Å². The summed E-state index contributed by atoms with van der Waals surface area (Å²) in [6.45, 7) is 4.28. The zero-order valence-corrected chi connectivity index (χ0v) is 14.1. The Morgan fingerprint density at radius 1 is 1.24 bits per heavy atom. The highest BCUT2D eigenvalue weighted by Crippen LogP contribution is 2.28. The Kier molecular flexibility index (Phi) is 5.48. The maximum Gasteiger partial charge on any atom is 0.138 e. The van der Waals surface area contributed by atoms with E-state index in [1.807, 2.05) is 32.0 Å². The predicted molar refractivity (Wildman–Crippen MR) is 88.6 cm³/mol. The number of hydrogen-bond acceptors (Lipinski definition) is 2. The average molecular weight is 373 g/mol. The highest BCUT2D eigenvalue weighted by Gasteiger charge is 2.06. The van der Waals surface area contributed by atoms with Gasteiger partial charge in [0.2, 0.25) is 0 Å². The first-order chi connectivity index (χ1) is 9.95. The van der Waals surface area contributed by atoms with Gasteiger partial charge in [-0.25, -0.2) is 4.39 Å². The Balaban J connectivity index is 2.05. The zero-order valence-electron chi connectivity index (χ0n) is 11.8. The number of ether oxygens (including phenoxy) is 1. The largest absolute Gasteiger partial charge is 0.489 e. The summed E-state index contributed by atoms with van der Waals surface area (Å²) in [5.41, 5.74) is 1.41. The summed E-state index contributed by atoms with van der Waals surface area (Å²) >= 11 is 9.40. The standard InChI is InChI=1S/C16H16BrClFNO/c1-10(2)21-16-6-5-13(8-14(16)18)20-9-11-3-4-12(17)7-15(11)19/h3-8,10,20H,9H2,1-2H3. The zero-order chi connectivity index (χ0) is 15.4. The van der Waals surface area contributed by atoms with Gasteiger partial charge in [0.1, 0.15) is 11.6 Å². The van der Waals surface area contributed by atoms with E-state index in [9.17, 15) is 4.39 Å². The molecular formula is C16H16BrClFNO. The molecule has 0 aromatic heterocycles. The van der Waals surface area contributed by atoms with Crippen molar-refractivity contribution < 1.29 is 9.13 Å². The lowest BCUT2D eigenvalue weighted by molar-refractivity contribution is 0.242. The van der Waals surface area contributed by atoms with E-state index in [4.69, 9.17) is 16.3 Å². The maximum absolute atomic E-state index is 13.7. The van der Waals surface area contributed by atoms with Crippen LogP contribution >= 0.6 is 27.5 Å². The fourth-order valence-electron chi connectivity index (χ4n) is 1.82. The molecule has 112 valence electrons. The highest BCUT2D eigenvalue weighted by molar-refractivity contribution is 9.10. The van der Waals surface area contributed by atoms with Crippen molar-refractivity contribution in [3.05, 3.63) is 57.3 Å². The van der Waals surface area contributed by atoms with Crippen LogP contribution in [0.3, 0.4) is 0 Å². The van der Waals surface area contributed by atoms with Crippen molar-refractivity contribution in [1.29, 1.82) is 0 Å². The quantitative estimate of drug-likeness (QED) is 0.733. The van der Waals surface area contributed by atoms with Gasteiger partial charge in [0.25, 0.3) is 0 Å². The molecule has 2 aromatic rings. The Bertz CT molecular complexity index is 634. The van der Waals surface area contributed by atoms with Gasteiger partial charge in [0.15, 0.2) is 0 Å². The Morgan fingerprint density at radius 2 is 2.00 bits per heavy atom. The van der Waals surface area contributed by atoms with E-state index in [2.05, 4.69) is 21.2 Å². The van der Waals surface area contributed by atoms with Crippen LogP contribution in [0.1, 0.15) is 19.4 Å². The van der Waals surface area contributed by atoms with E-state index in [-0.39, 0.29) is 11.9 Å². The SMILES string of the molecule is CC(C)Oc1ccc(NCc2ccc(Br)cc2F)cc1Cl. The van der Waals surface area contributed by atoms with Crippen LogP contribution in [0.2, 0.25) is 5.02 Å². The summed E-state index contributed by atoms with van der Waals surface area (Å²) in [5.74, 6) is 0.398. The smallest absolute Gasteiger partial charge is 0.138 e. The van der Waals surface area contributed by atoms with Gasteiger partial charge in [-0.15, -0.1) is 0 Å². The van der Waals surface area contributed by atoms with Crippen molar-refractivity contribution in [3.8, 4) is 5.75 Å². The molecule has 0 radical (unpaired) electrons. The summed E-state index contributed by atoms with van der Waals surface area (Å²) in [6.07, 6.45) is 0.0678. The van der Waals surface area contributed by atoms with Crippen molar-refractivity contribution in [3.63, 3.8) is 0 Å². The molecule has 0 unspecified atom stereocenters. The minimum absolute atomic E-state index is 0.0678. The lowest BCUT2D eigenvalue weighted by Crippen LogP contribution is -2.06. The van der Waals surface area contributed by atoms with E-state index >= 15 is 0 Å². The fourth-order valence-corrected chi connectivity index (χ4v) is 2.38. The molecule has 2 nitrogen and oxygen atoms in total. The van der Waals surface area contributed by atoms with E-state index in [1.54, 1.807) is 12.1 Å². The van der Waals surface area contributed by atoms with Crippen LogP contribution in [-0.4, -0.2) is 6.10 Å². The molecule has 0 saturated heterocycles. The number of rotatable bonds is 5. The third-order valence-corrected chi connectivity index (χ3v) is 3.58. The van der Waals surface area contributed by atoms with E-state index in [0.717, 1.165) is 10.2 Å². The molecule has 0 atom stereocenters. The molecule has 0 fully saturated rings. The highest BCUT2D eigenvalue weighted by atomic mass is 79.9. The van der Waals surface area contributed by atoms with Crippen LogP contribution in [0.15, 0.2) is 40.9 Å². The third kappa shape index (κ3) is 4.61. The molecule has 0 aliphatic carbocycles. The molecule has 0 spiro atoms. The van der Waals surface area contributed by atoms with Crippen LogP contribution in [0, 0.1) is 5.82 Å². The van der Waals surface area contributed by atoms with Crippen LogP contribution < -0.4 is 10.1 Å². The first-order valence-corrected chi connectivity index (χ1v) is 7.77. The van der Waals surface area contributed by atoms with Crippen LogP contribution in [0.4, 0.5) is 10.1 Å². The maximum atomic E-state index is 13.7. The number of benzene rings is 2. The summed E-state index contributed by atoms with van der Waals surface area (Å²) in [5, 5.41) is 3.68. The molecule has 0 heterocycles. The summed E-state index contributed by atoms with van der Waals surface area (Å²) in [6, 6.07) is 10.4. The molecule has 5 heteroatoms. The molecule has 2 aromatic carbocycles. The number of nitrogens with one attached hydrogen (secondary N) is 1. The molecule has 2 rings (SSSR count). The van der Waals surface area contributed by atoms with Gasteiger partial charge in [0.05, 0.1) is 11.1 Å². The van der Waals surface area contributed by atoms with Gasteiger partial charge in [-0.2, -0.15) is 0 Å². The molecule has 0 saturated carbocycles. The first kappa shape index (κ1) is 16.1. The minimum Gasteiger partial charge on any atom is -0.489 e. The van der Waals surface area contributed by atoms with Crippen molar-refractivity contribution in [2.24, 2.45) is 0 Å². The van der Waals surface area contributed by atoms with Gasteiger partial charge in [-0.1, -0.05) is 33.6 Å². The lowest BCUT2D eigenvalue weighted by atomic mass is 10.2. The summed E-state index contributed by atoms with van der Waals surface area (Å²) in [4.78, 5) is 0. The van der Waals surface area contributed by atoms with Crippen molar-refractivity contribution in [2.45, 2.75) is 26.5 Å². The van der Waals surface area contributed by atoms with Crippen molar-refractivity contribution in [2.75, 3.05) is 5.32 Å². The molecular weight excluding hydrogens is 357 g/mol. The van der Waals surface area contributed by atoms with E-state index in [0.29, 0.717) is 22.9 Å². The van der Waals surface area contributed by atoms with Gasteiger partial charge in [-0.3, -0.25) is 0 Å². The fraction of sp³-hybridized carbons (Fsp3) is 0.250. The van der Waals surface area contributed by atoms with Gasteiger partial charge < -0.3 is 10.1 Å². The van der Waals surface area contributed by atoms with Crippen LogP contribution in [0.5, 0.6) is 5.75 Å². The van der Waals surface area contributed by atoms with Crippen molar-refractivity contribution in [1.82, 2.24) is 0 Å². The average Bonchev–Trinajstić information content (AvgIpc) is 2.40. The van der Waals surface area contributed by atoms with E-state index < -0.39 is 0 Å². The van der Waals surface area contributed by atoms with Gasteiger partial charge >= 0.3 is 0 Å². The van der Waals surface area contributed by atoms with E-state index in [1.165, 1.54) is 6.07 Å². The normalized spacial score (nSPS) is 10.8. The molecule has 0 aliphatic rings. The Morgan fingerprint density at radius 3 is 2.62 bits per heavy atom. The first-order valence-electron chi connectivity index (χ1n) is 6.59. The van der Waals surface area contributed by atoms with Crippen LogP contribution in [-0.2, 0) is 6.54 Å². The summed E-state index contributed by atoms with van der Waals surface area (Å²) in [7, 11) is 0. The number of anilines is 1. The second-order valence-corrected chi connectivity index (χ2v) is 6.22. The van der Waals surface area contributed by atoms with Gasteiger partial charge in [-0.05, 0) is 44.2 Å². The molecule has 21 heavy (non-hydrogen) atoms. The van der Waals surface area contributed by atoms with Gasteiger partial charge in [0, 0.05) is 22.3 Å². The molecule has 1 N–H and O–H groups in total. The molecule has 0 bridgehead atoms. The Hall–Kier alpha value is -1.26. The molecule has 0 amide bonds. The second-order valence-electron chi connectivity index (χ2n) is 4.90. The Labute approximate surface area is 137 Å². The molecule has 0 aliphatic heterocycles. The number of halogens is 3. The lowest BCUT2D eigenvalue weighted by Gasteiger charge is -2.13. The number of hydrogen-bond donors (Lipinski definition) is 1.